The molecule has 100 valence electrons. The molecule has 0 bridgehead atoms. The first-order valence-corrected chi connectivity index (χ1v) is 5.65. The third-order valence-corrected chi connectivity index (χ3v) is 2.50. The molecular weight excluding hydrogens is 248 g/mol. The van der Waals surface area contributed by atoms with Gasteiger partial charge in [0.15, 0.2) is 11.5 Å². The Hall–Kier alpha value is -2.64. The summed E-state index contributed by atoms with van der Waals surface area (Å²) in [5.74, 6) is 0.130. The fraction of sp³-hybridized carbons (Fsp3) is 0.273. The van der Waals surface area contributed by atoms with Crippen molar-refractivity contribution in [1.82, 2.24) is 19.7 Å². The highest BCUT2D eigenvalue weighted by atomic mass is 16.1. The number of anilines is 1. The summed E-state index contributed by atoms with van der Waals surface area (Å²) < 4.78 is 1.26. The summed E-state index contributed by atoms with van der Waals surface area (Å²) in [7, 11) is 0. The molecule has 0 saturated carbocycles. The molecule has 0 radical (unpaired) electrons. The van der Waals surface area contributed by atoms with E-state index < -0.39 is 5.91 Å². The maximum Gasteiger partial charge on any atom is 0.271 e. The molecular formula is C11H14N6O2. The monoisotopic (exact) mass is 262 g/mol. The van der Waals surface area contributed by atoms with Crippen LogP contribution in [0.4, 0.5) is 5.69 Å². The molecule has 8 heteroatoms. The number of carbonyl (C=O) groups excluding carboxylic acids is 1. The van der Waals surface area contributed by atoms with Crippen LogP contribution in [0.1, 0.15) is 36.1 Å². The number of aromatic amines is 1. The van der Waals surface area contributed by atoms with Crippen molar-refractivity contribution in [1.29, 1.82) is 0 Å². The normalized spacial score (nSPS) is 10.9. The molecule has 0 fully saturated rings. The molecule has 8 nitrogen and oxygen atoms in total. The highest BCUT2D eigenvalue weighted by Gasteiger charge is 2.14. The van der Waals surface area contributed by atoms with Crippen molar-refractivity contribution in [3.05, 3.63) is 34.1 Å². The van der Waals surface area contributed by atoms with Gasteiger partial charge in [0.05, 0.1) is 11.9 Å². The maximum atomic E-state index is 11.6. The van der Waals surface area contributed by atoms with E-state index in [1.807, 2.05) is 13.8 Å². The largest absolute Gasteiger partial charge is 0.396 e. The zero-order valence-electron chi connectivity index (χ0n) is 10.5. The maximum absolute atomic E-state index is 11.6. The highest BCUT2D eigenvalue weighted by Crippen LogP contribution is 2.13. The van der Waals surface area contributed by atoms with E-state index >= 15 is 0 Å². The zero-order chi connectivity index (χ0) is 14.2. The zero-order valence-corrected chi connectivity index (χ0v) is 10.5. The van der Waals surface area contributed by atoms with E-state index in [9.17, 15) is 9.59 Å². The SMILES string of the molecule is CC(C)c1nc(-n2cc(N)c(C(N)=O)n2)cc(=O)[nH]1. The summed E-state index contributed by atoms with van der Waals surface area (Å²) in [4.78, 5) is 29.5. The number of nitrogens with two attached hydrogens (primary N) is 2. The molecule has 0 unspecified atom stereocenters. The van der Waals surface area contributed by atoms with Crippen LogP contribution < -0.4 is 17.0 Å². The first kappa shape index (κ1) is 12.8. The molecule has 1 amide bonds. The lowest BCUT2D eigenvalue weighted by Gasteiger charge is -2.06. The van der Waals surface area contributed by atoms with E-state index in [1.165, 1.54) is 16.9 Å². The van der Waals surface area contributed by atoms with E-state index in [0.29, 0.717) is 5.82 Å². The number of nitrogens with one attached hydrogen (secondary N) is 1. The van der Waals surface area contributed by atoms with Gasteiger partial charge in [-0.1, -0.05) is 13.8 Å². The number of hydrogen-bond donors (Lipinski definition) is 3. The smallest absolute Gasteiger partial charge is 0.271 e. The summed E-state index contributed by atoms with van der Waals surface area (Å²) in [6, 6.07) is 1.27. The van der Waals surface area contributed by atoms with Gasteiger partial charge >= 0.3 is 0 Å². The minimum absolute atomic E-state index is 0.0480. The van der Waals surface area contributed by atoms with Gasteiger partial charge in [0, 0.05) is 12.0 Å². The fourth-order valence-electron chi connectivity index (χ4n) is 1.55. The Morgan fingerprint density at radius 2 is 2.16 bits per heavy atom. The topological polar surface area (TPSA) is 133 Å². The van der Waals surface area contributed by atoms with Crippen molar-refractivity contribution >= 4 is 11.6 Å². The molecule has 2 aromatic rings. The van der Waals surface area contributed by atoms with Crippen LogP contribution in [0.2, 0.25) is 0 Å². The van der Waals surface area contributed by atoms with Crippen LogP contribution in [0.5, 0.6) is 0 Å². The van der Waals surface area contributed by atoms with Gasteiger partial charge in [-0.05, 0) is 0 Å². The van der Waals surface area contributed by atoms with E-state index in [4.69, 9.17) is 11.5 Å². The number of nitrogen functional groups attached to an aromatic ring is 1. The molecule has 0 aliphatic heterocycles. The van der Waals surface area contributed by atoms with Gasteiger partial charge in [0.2, 0.25) is 0 Å². The predicted octanol–water partition coefficient (Wildman–Crippen LogP) is -0.240. The van der Waals surface area contributed by atoms with E-state index in [-0.39, 0.29) is 28.7 Å². The second-order valence-corrected chi connectivity index (χ2v) is 4.39. The first-order chi connectivity index (χ1) is 8.88. The van der Waals surface area contributed by atoms with Crippen LogP contribution in [-0.4, -0.2) is 25.7 Å². The summed E-state index contributed by atoms with van der Waals surface area (Å²) in [5, 5.41) is 3.92. The molecule has 0 spiro atoms. The molecule has 2 rings (SSSR count). The van der Waals surface area contributed by atoms with Crippen molar-refractivity contribution in [2.24, 2.45) is 5.73 Å². The van der Waals surface area contributed by atoms with Crippen LogP contribution in [0.25, 0.3) is 5.82 Å². The van der Waals surface area contributed by atoms with Crippen LogP contribution >= 0.6 is 0 Å². The summed E-state index contributed by atoms with van der Waals surface area (Å²) in [6.45, 7) is 3.79. The average Bonchev–Trinajstić information content (AvgIpc) is 2.70. The van der Waals surface area contributed by atoms with Crippen LogP contribution in [0, 0.1) is 0 Å². The van der Waals surface area contributed by atoms with Crippen LogP contribution in [-0.2, 0) is 0 Å². The summed E-state index contributed by atoms with van der Waals surface area (Å²) >= 11 is 0. The van der Waals surface area contributed by atoms with E-state index in [2.05, 4.69) is 15.1 Å². The fourth-order valence-corrected chi connectivity index (χ4v) is 1.55. The number of hydrogen-bond acceptors (Lipinski definition) is 5. The predicted molar refractivity (Wildman–Crippen MR) is 69.0 cm³/mol. The number of rotatable bonds is 3. The van der Waals surface area contributed by atoms with Gasteiger partial charge in [-0.2, -0.15) is 5.10 Å². The van der Waals surface area contributed by atoms with Crippen molar-refractivity contribution < 1.29 is 4.79 Å². The number of H-pyrrole nitrogens is 1. The molecule has 0 atom stereocenters. The minimum Gasteiger partial charge on any atom is -0.396 e. The second kappa shape index (κ2) is 4.56. The third kappa shape index (κ3) is 2.46. The molecule has 0 aliphatic carbocycles. The minimum atomic E-state index is -0.731. The molecule has 0 aromatic carbocycles. The van der Waals surface area contributed by atoms with Crippen molar-refractivity contribution in [3.63, 3.8) is 0 Å². The lowest BCUT2D eigenvalue weighted by molar-refractivity contribution is 0.0996. The molecule has 2 aromatic heterocycles. The van der Waals surface area contributed by atoms with E-state index in [1.54, 1.807) is 0 Å². The molecule has 19 heavy (non-hydrogen) atoms. The number of amides is 1. The Morgan fingerprint density at radius 3 is 2.68 bits per heavy atom. The van der Waals surface area contributed by atoms with E-state index in [0.717, 1.165) is 0 Å². The van der Waals surface area contributed by atoms with Gasteiger partial charge in [0.1, 0.15) is 5.82 Å². The Labute approximate surface area is 108 Å². The van der Waals surface area contributed by atoms with Crippen LogP contribution in [0.3, 0.4) is 0 Å². The van der Waals surface area contributed by atoms with Gasteiger partial charge < -0.3 is 16.5 Å². The molecule has 2 heterocycles. The van der Waals surface area contributed by atoms with Crippen molar-refractivity contribution in [2.75, 3.05) is 5.73 Å². The lowest BCUT2D eigenvalue weighted by Crippen LogP contribution is -2.16. The number of nitrogens with zero attached hydrogens (tertiary/aromatic N) is 3. The quantitative estimate of drug-likeness (QED) is 0.702. The second-order valence-electron chi connectivity index (χ2n) is 4.39. The van der Waals surface area contributed by atoms with Gasteiger partial charge in [0.25, 0.3) is 11.5 Å². The van der Waals surface area contributed by atoms with Crippen molar-refractivity contribution in [2.45, 2.75) is 19.8 Å². The molecule has 5 N–H and O–H groups in total. The Kier molecular flexibility index (Phi) is 3.07. The Balaban J connectivity index is 2.56. The van der Waals surface area contributed by atoms with Gasteiger partial charge in [-0.25, -0.2) is 9.67 Å². The lowest BCUT2D eigenvalue weighted by atomic mass is 10.2. The van der Waals surface area contributed by atoms with Gasteiger partial charge in [-0.15, -0.1) is 0 Å². The number of carbonyl (C=O) groups is 1. The Bertz CT molecular complexity index is 685. The molecule has 0 aliphatic rings. The van der Waals surface area contributed by atoms with Crippen molar-refractivity contribution in [3.8, 4) is 5.82 Å². The van der Waals surface area contributed by atoms with Gasteiger partial charge in [-0.3, -0.25) is 9.59 Å². The summed E-state index contributed by atoms with van der Waals surface area (Å²) in [6.07, 6.45) is 1.39. The summed E-state index contributed by atoms with van der Waals surface area (Å²) in [5.41, 5.74) is 10.5. The standard InChI is InChI=1S/C11H14N6O2/c1-5(2)11-14-7(3-8(18)15-11)17-4-6(12)9(16-17)10(13)19/h3-5H,12H2,1-2H3,(H2,13,19)(H,14,15,18). The molecule has 0 saturated heterocycles. The number of aromatic nitrogens is 4. The Morgan fingerprint density at radius 1 is 1.47 bits per heavy atom. The highest BCUT2D eigenvalue weighted by molar-refractivity contribution is 5.95. The average molecular weight is 262 g/mol. The number of primary amides is 1. The first-order valence-electron chi connectivity index (χ1n) is 5.65. The van der Waals surface area contributed by atoms with Crippen LogP contribution in [0.15, 0.2) is 17.1 Å². The third-order valence-electron chi connectivity index (χ3n) is 2.50.